The summed E-state index contributed by atoms with van der Waals surface area (Å²) < 4.78 is 20.7. The molecule has 0 bridgehead atoms. The number of carbonyl (C=O) groups excluding carboxylic acids is 1. The van der Waals surface area contributed by atoms with Crippen molar-refractivity contribution < 1.29 is 13.9 Å². The summed E-state index contributed by atoms with van der Waals surface area (Å²) in [6.07, 6.45) is 1.66. The Bertz CT molecular complexity index is 740. The van der Waals surface area contributed by atoms with Crippen molar-refractivity contribution in [3.05, 3.63) is 30.2 Å². The van der Waals surface area contributed by atoms with E-state index in [9.17, 15) is 9.18 Å². The van der Waals surface area contributed by atoms with Crippen LogP contribution in [-0.2, 0) is 11.3 Å². The Balaban J connectivity index is 1.66. The standard InChI is InChI=1S/C17H22FN5O2/c1-3-25-16-5-4-13(10-14(16)18)15-11-23(20-19-15)12-17(24)22-8-6-21(2)7-9-22/h4-5,10-11H,3,6-9,12H2,1-2H3. The first kappa shape index (κ1) is 17.3. The minimum atomic E-state index is -0.442. The van der Waals surface area contributed by atoms with Crippen LogP contribution in [0, 0.1) is 5.82 Å². The van der Waals surface area contributed by atoms with Crippen molar-refractivity contribution in [1.29, 1.82) is 0 Å². The summed E-state index contributed by atoms with van der Waals surface area (Å²) >= 11 is 0. The first-order valence-corrected chi connectivity index (χ1v) is 8.36. The van der Waals surface area contributed by atoms with Crippen molar-refractivity contribution in [2.75, 3.05) is 39.8 Å². The second-order valence-corrected chi connectivity index (χ2v) is 6.06. The lowest BCUT2D eigenvalue weighted by Gasteiger charge is -2.32. The number of hydrogen-bond donors (Lipinski definition) is 0. The van der Waals surface area contributed by atoms with Crippen molar-refractivity contribution in [2.45, 2.75) is 13.5 Å². The zero-order valence-electron chi connectivity index (χ0n) is 14.5. The van der Waals surface area contributed by atoms with Gasteiger partial charge >= 0.3 is 0 Å². The molecule has 134 valence electrons. The monoisotopic (exact) mass is 347 g/mol. The fourth-order valence-electron chi connectivity index (χ4n) is 2.74. The molecule has 3 rings (SSSR count). The summed E-state index contributed by atoms with van der Waals surface area (Å²) in [5.74, 6) is -0.214. The van der Waals surface area contributed by atoms with E-state index >= 15 is 0 Å². The average Bonchev–Trinajstić information content (AvgIpc) is 3.06. The Labute approximate surface area is 146 Å². The molecule has 7 nitrogen and oxygen atoms in total. The van der Waals surface area contributed by atoms with Gasteiger partial charge in [0.05, 0.1) is 12.8 Å². The third kappa shape index (κ3) is 4.14. The quantitative estimate of drug-likeness (QED) is 0.815. The number of hydrogen-bond acceptors (Lipinski definition) is 5. The molecule has 1 amide bonds. The number of likely N-dealkylation sites (N-methyl/N-ethyl adjacent to an activating group) is 1. The van der Waals surface area contributed by atoms with Crippen molar-refractivity contribution >= 4 is 5.91 Å². The number of piperazine rings is 1. The minimum Gasteiger partial charge on any atom is -0.491 e. The van der Waals surface area contributed by atoms with E-state index in [-0.39, 0.29) is 18.2 Å². The predicted molar refractivity (Wildman–Crippen MR) is 90.7 cm³/mol. The van der Waals surface area contributed by atoms with E-state index in [1.807, 2.05) is 11.9 Å². The Morgan fingerprint density at radius 2 is 2.04 bits per heavy atom. The van der Waals surface area contributed by atoms with E-state index < -0.39 is 5.82 Å². The van der Waals surface area contributed by atoms with Gasteiger partial charge in [0, 0.05) is 31.7 Å². The lowest BCUT2D eigenvalue weighted by Crippen LogP contribution is -2.48. The Morgan fingerprint density at radius 1 is 1.28 bits per heavy atom. The molecule has 2 aromatic rings. The van der Waals surface area contributed by atoms with Gasteiger partial charge in [-0.05, 0) is 32.2 Å². The summed E-state index contributed by atoms with van der Waals surface area (Å²) in [5.41, 5.74) is 1.12. The van der Waals surface area contributed by atoms with Crippen LogP contribution in [-0.4, -0.2) is 70.5 Å². The maximum absolute atomic E-state index is 14.0. The highest BCUT2D eigenvalue weighted by Crippen LogP contribution is 2.24. The number of amides is 1. The highest BCUT2D eigenvalue weighted by molar-refractivity contribution is 5.76. The molecule has 1 aromatic heterocycles. The van der Waals surface area contributed by atoms with E-state index in [1.165, 1.54) is 10.7 Å². The highest BCUT2D eigenvalue weighted by Gasteiger charge is 2.19. The molecule has 2 heterocycles. The SMILES string of the molecule is CCOc1ccc(-c2cn(CC(=O)N3CCN(C)CC3)nn2)cc1F. The fourth-order valence-corrected chi connectivity index (χ4v) is 2.74. The predicted octanol–water partition coefficient (Wildman–Crippen LogP) is 1.26. The summed E-state index contributed by atoms with van der Waals surface area (Å²) in [7, 11) is 2.04. The lowest BCUT2D eigenvalue weighted by atomic mass is 10.1. The van der Waals surface area contributed by atoms with E-state index in [2.05, 4.69) is 15.2 Å². The van der Waals surface area contributed by atoms with Crippen LogP contribution in [0.15, 0.2) is 24.4 Å². The highest BCUT2D eigenvalue weighted by atomic mass is 19.1. The molecule has 0 saturated carbocycles. The van der Waals surface area contributed by atoms with Gasteiger partial charge in [0.1, 0.15) is 12.2 Å². The number of carbonyl (C=O) groups is 1. The molecule has 0 spiro atoms. The van der Waals surface area contributed by atoms with Crippen molar-refractivity contribution in [3.8, 4) is 17.0 Å². The largest absolute Gasteiger partial charge is 0.491 e. The van der Waals surface area contributed by atoms with Crippen LogP contribution in [0.25, 0.3) is 11.3 Å². The number of benzene rings is 1. The number of rotatable bonds is 5. The number of aromatic nitrogens is 3. The molecule has 0 atom stereocenters. The molecule has 1 fully saturated rings. The zero-order chi connectivity index (χ0) is 17.8. The van der Waals surface area contributed by atoms with E-state index in [4.69, 9.17) is 4.74 Å². The molecular weight excluding hydrogens is 325 g/mol. The molecule has 0 aliphatic carbocycles. The van der Waals surface area contributed by atoms with Gasteiger partial charge in [-0.3, -0.25) is 4.79 Å². The van der Waals surface area contributed by atoms with Gasteiger partial charge in [-0.15, -0.1) is 5.10 Å². The second kappa shape index (κ2) is 7.60. The Morgan fingerprint density at radius 3 is 2.72 bits per heavy atom. The summed E-state index contributed by atoms with van der Waals surface area (Å²) in [5, 5.41) is 8.03. The van der Waals surface area contributed by atoms with Crippen LogP contribution >= 0.6 is 0 Å². The van der Waals surface area contributed by atoms with Crippen molar-refractivity contribution in [2.24, 2.45) is 0 Å². The van der Waals surface area contributed by atoms with Crippen molar-refractivity contribution in [1.82, 2.24) is 24.8 Å². The summed E-state index contributed by atoms with van der Waals surface area (Å²) in [4.78, 5) is 16.4. The number of halogens is 1. The normalized spacial score (nSPS) is 15.4. The first-order valence-electron chi connectivity index (χ1n) is 8.36. The number of ether oxygens (including phenoxy) is 1. The van der Waals surface area contributed by atoms with Gasteiger partial charge < -0.3 is 14.5 Å². The third-order valence-electron chi connectivity index (χ3n) is 4.22. The zero-order valence-corrected chi connectivity index (χ0v) is 14.5. The van der Waals surface area contributed by atoms with E-state index in [0.29, 0.717) is 17.9 Å². The van der Waals surface area contributed by atoms with Crippen LogP contribution in [0.4, 0.5) is 4.39 Å². The molecule has 1 aromatic carbocycles. The van der Waals surface area contributed by atoms with Crippen LogP contribution in [0.1, 0.15) is 6.92 Å². The molecule has 25 heavy (non-hydrogen) atoms. The van der Waals surface area contributed by atoms with Gasteiger partial charge in [-0.1, -0.05) is 5.21 Å². The molecule has 0 radical (unpaired) electrons. The first-order chi connectivity index (χ1) is 12.1. The maximum Gasteiger partial charge on any atom is 0.244 e. The number of nitrogens with zero attached hydrogens (tertiary/aromatic N) is 5. The van der Waals surface area contributed by atoms with E-state index in [0.717, 1.165) is 26.2 Å². The molecule has 8 heteroatoms. The minimum absolute atomic E-state index is 0.0161. The van der Waals surface area contributed by atoms with Gasteiger partial charge in [-0.25, -0.2) is 9.07 Å². The average molecular weight is 347 g/mol. The van der Waals surface area contributed by atoms with Crippen molar-refractivity contribution in [3.63, 3.8) is 0 Å². The molecule has 1 aliphatic rings. The Kier molecular flexibility index (Phi) is 5.28. The topological polar surface area (TPSA) is 63.5 Å². The molecular formula is C17H22FN5O2. The van der Waals surface area contributed by atoms with Gasteiger partial charge in [0.25, 0.3) is 0 Å². The van der Waals surface area contributed by atoms with Gasteiger partial charge in [0.2, 0.25) is 5.91 Å². The van der Waals surface area contributed by atoms with Gasteiger partial charge in [0.15, 0.2) is 11.6 Å². The van der Waals surface area contributed by atoms with Crippen LogP contribution in [0.5, 0.6) is 5.75 Å². The smallest absolute Gasteiger partial charge is 0.244 e. The summed E-state index contributed by atoms with van der Waals surface area (Å²) in [6.45, 7) is 5.54. The van der Waals surface area contributed by atoms with E-state index in [1.54, 1.807) is 25.3 Å². The lowest BCUT2D eigenvalue weighted by molar-refractivity contribution is -0.133. The maximum atomic E-state index is 14.0. The van der Waals surface area contributed by atoms with Crippen LogP contribution < -0.4 is 4.74 Å². The van der Waals surface area contributed by atoms with Gasteiger partial charge in [-0.2, -0.15) is 0 Å². The van der Waals surface area contributed by atoms with Crippen LogP contribution in [0.2, 0.25) is 0 Å². The fraction of sp³-hybridized carbons (Fsp3) is 0.471. The molecule has 1 aliphatic heterocycles. The van der Waals surface area contributed by atoms with Crippen LogP contribution in [0.3, 0.4) is 0 Å². The summed E-state index contributed by atoms with van der Waals surface area (Å²) in [6, 6.07) is 4.66. The third-order valence-corrected chi connectivity index (χ3v) is 4.22. The molecule has 0 N–H and O–H groups in total. The molecule has 0 unspecified atom stereocenters. The molecule has 1 saturated heterocycles. The Hall–Kier alpha value is -2.48. The second-order valence-electron chi connectivity index (χ2n) is 6.06.